The number of nitro groups is 1. The van der Waals surface area contributed by atoms with E-state index >= 15 is 0 Å². The Morgan fingerprint density at radius 3 is 2.65 bits per heavy atom. The van der Waals surface area contributed by atoms with Crippen molar-refractivity contribution in [1.29, 1.82) is 0 Å². The third-order valence-corrected chi connectivity index (χ3v) is 3.40. The van der Waals surface area contributed by atoms with E-state index in [9.17, 15) is 19.3 Å². The topological polar surface area (TPSA) is 75.5 Å². The molecule has 1 N–H and O–H groups in total. The minimum atomic E-state index is -0.499. The molecule has 0 unspecified atom stereocenters. The number of nitrogens with one attached hydrogen (secondary N) is 1. The number of amides is 2. The predicted octanol–water partition coefficient (Wildman–Crippen LogP) is 3.71. The standard InChI is InChI=1S/C16H16FN3O3/c1-11-14(7-4-8-15(11)20(22)23)18-16(21)19(2)10-12-5-3-6-13(17)9-12/h3-9H,10H2,1-2H3,(H,18,21). The molecule has 23 heavy (non-hydrogen) atoms. The number of anilines is 1. The summed E-state index contributed by atoms with van der Waals surface area (Å²) in [6.45, 7) is 1.79. The van der Waals surface area contributed by atoms with Gasteiger partial charge in [-0.3, -0.25) is 10.1 Å². The highest BCUT2D eigenvalue weighted by Gasteiger charge is 2.16. The molecule has 2 rings (SSSR count). The van der Waals surface area contributed by atoms with Crippen molar-refractivity contribution in [3.05, 3.63) is 69.5 Å². The predicted molar refractivity (Wildman–Crippen MR) is 84.7 cm³/mol. The fourth-order valence-corrected chi connectivity index (χ4v) is 2.15. The Bertz CT molecular complexity index is 749. The van der Waals surface area contributed by atoms with E-state index in [0.717, 1.165) is 0 Å². The van der Waals surface area contributed by atoms with E-state index in [1.54, 1.807) is 32.2 Å². The van der Waals surface area contributed by atoms with Crippen LogP contribution in [-0.2, 0) is 6.54 Å². The molecule has 7 heteroatoms. The molecule has 6 nitrogen and oxygen atoms in total. The van der Waals surface area contributed by atoms with Gasteiger partial charge in [0.1, 0.15) is 5.82 Å². The van der Waals surface area contributed by atoms with E-state index in [-0.39, 0.29) is 18.0 Å². The van der Waals surface area contributed by atoms with Crippen molar-refractivity contribution in [1.82, 2.24) is 4.90 Å². The second kappa shape index (κ2) is 6.87. The first-order chi connectivity index (χ1) is 10.9. The van der Waals surface area contributed by atoms with Crippen molar-refractivity contribution in [3.63, 3.8) is 0 Å². The van der Waals surface area contributed by atoms with Gasteiger partial charge in [-0.05, 0) is 30.7 Å². The average Bonchev–Trinajstić information content (AvgIpc) is 2.49. The first-order valence-electron chi connectivity index (χ1n) is 6.89. The zero-order valence-electron chi connectivity index (χ0n) is 12.7. The Hall–Kier alpha value is -2.96. The van der Waals surface area contributed by atoms with Crippen LogP contribution in [0, 0.1) is 22.9 Å². The first kappa shape index (κ1) is 16.4. The van der Waals surface area contributed by atoms with Crippen molar-refractivity contribution in [2.75, 3.05) is 12.4 Å². The maximum absolute atomic E-state index is 13.2. The Morgan fingerprint density at radius 1 is 1.30 bits per heavy atom. The van der Waals surface area contributed by atoms with E-state index in [2.05, 4.69) is 5.32 Å². The zero-order valence-corrected chi connectivity index (χ0v) is 12.7. The van der Waals surface area contributed by atoms with E-state index in [4.69, 9.17) is 0 Å². The highest BCUT2D eigenvalue weighted by atomic mass is 19.1. The lowest BCUT2D eigenvalue weighted by atomic mass is 10.1. The van der Waals surface area contributed by atoms with Crippen LogP contribution in [0.15, 0.2) is 42.5 Å². The third-order valence-electron chi connectivity index (χ3n) is 3.40. The monoisotopic (exact) mass is 317 g/mol. The smallest absolute Gasteiger partial charge is 0.321 e. The van der Waals surface area contributed by atoms with Crippen molar-refractivity contribution in [2.24, 2.45) is 0 Å². The molecule has 2 aromatic carbocycles. The van der Waals surface area contributed by atoms with Gasteiger partial charge in [-0.2, -0.15) is 0 Å². The van der Waals surface area contributed by atoms with E-state index in [1.807, 2.05) is 0 Å². The van der Waals surface area contributed by atoms with Gasteiger partial charge in [0.15, 0.2) is 0 Å². The van der Waals surface area contributed by atoms with Gasteiger partial charge in [0.2, 0.25) is 0 Å². The SMILES string of the molecule is Cc1c(NC(=O)N(C)Cc2cccc(F)c2)cccc1[N+](=O)[O-]. The molecule has 2 aromatic rings. The molecule has 0 spiro atoms. The van der Waals surface area contributed by atoms with Crippen LogP contribution in [0.25, 0.3) is 0 Å². The second-order valence-corrected chi connectivity index (χ2v) is 5.12. The minimum Gasteiger partial charge on any atom is -0.323 e. The Labute approximate surface area is 132 Å². The molecule has 0 fully saturated rings. The summed E-state index contributed by atoms with van der Waals surface area (Å²) in [5.41, 5.74) is 1.34. The van der Waals surface area contributed by atoms with Crippen molar-refractivity contribution in [2.45, 2.75) is 13.5 Å². The van der Waals surface area contributed by atoms with Gasteiger partial charge < -0.3 is 10.2 Å². The minimum absolute atomic E-state index is 0.0596. The van der Waals surface area contributed by atoms with Crippen LogP contribution in [0.3, 0.4) is 0 Å². The van der Waals surface area contributed by atoms with E-state index in [1.165, 1.54) is 29.2 Å². The number of carbonyl (C=O) groups is 1. The Balaban J connectivity index is 2.10. The quantitative estimate of drug-likeness (QED) is 0.690. The van der Waals surface area contributed by atoms with Crippen LogP contribution in [-0.4, -0.2) is 22.9 Å². The average molecular weight is 317 g/mol. The highest BCUT2D eigenvalue weighted by molar-refractivity contribution is 5.90. The number of rotatable bonds is 4. The molecule has 0 heterocycles. The lowest BCUT2D eigenvalue weighted by Gasteiger charge is -2.19. The summed E-state index contributed by atoms with van der Waals surface area (Å²) < 4.78 is 13.2. The number of nitro benzene ring substituents is 1. The maximum Gasteiger partial charge on any atom is 0.321 e. The van der Waals surface area contributed by atoms with Gasteiger partial charge in [-0.25, -0.2) is 9.18 Å². The largest absolute Gasteiger partial charge is 0.323 e. The van der Waals surface area contributed by atoms with Crippen molar-refractivity contribution < 1.29 is 14.1 Å². The molecule has 0 saturated carbocycles. The number of hydrogen-bond donors (Lipinski definition) is 1. The van der Waals surface area contributed by atoms with Gasteiger partial charge in [0, 0.05) is 19.7 Å². The Kier molecular flexibility index (Phi) is 4.90. The highest BCUT2D eigenvalue weighted by Crippen LogP contribution is 2.25. The second-order valence-electron chi connectivity index (χ2n) is 5.12. The fraction of sp³-hybridized carbons (Fsp3) is 0.188. The number of halogens is 1. The lowest BCUT2D eigenvalue weighted by Crippen LogP contribution is -2.31. The number of hydrogen-bond acceptors (Lipinski definition) is 3. The van der Waals surface area contributed by atoms with Crippen LogP contribution in [0.2, 0.25) is 0 Å². The molecule has 0 radical (unpaired) electrons. The van der Waals surface area contributed by atoms with E-state index in [0.29, 0.717) is 16.8 Å². The summed E-state index contributed by atoms with van der Waals surface area (Å²) in [6, 6.07) is 10.0. The first-order valence-corrected chi connectivity index (χ1v) is 6.89. The van der Waals surface area contributed by atoms with Gasteiger partial charge >= 0.3 is 6.03 Å². The normalized spacial score (nSPS) is 10.2. The van der Waals surface area contributed by atoms with Crippen LogP contribution >= 0.6 is 0 Å². The van der Waals surface area contributed by atoms with Gasteiger partial charge in [-0.15, -0.1) is 0 Å². The van der Waals surface area contributed by atoms with Crippen LogP contribution in [0.4, 0.5) is 20.6 Å². The number of nitrogens with zero attached hydrogens (tertiary/aromatic N) is 2. The van der Waals surface area contributed by atoms with Gasteiger partial charge in [-0.1, -0.05) is 18.2 Å². The number of urea groups is 1. The molecule has 2 amide bonds. The summed E-state index contributed by atoms with van der Waals surface area (Å²) in [4.78, 5) is 24.0. The maximum atomic E-state index is 13.2. The molecule has 0 saturated heterocycles. The summed E-state index contributed by atoms with van der Waals surface area (Å²) in [5, 5.41) is 13.5. The Morgan fingerprint density at radius 2 is 2.00 bits per heavy atom. The summed E-state index contributed by atoms with van der Waals surface area (Å²) in [6.07, 6.45) is 0. The van der Waals surface area contributed by atoms with Gasteiger partial charge in [0.05, 0.1) is 16.2 Å². The summed E-state index contributed by atoms with van der Waals surface area (Å²) in [7, 11) is 1.56. The molecular formula is C16H16FN3O3. The molecule has 0 aliphatic heterocycles. The van der Waals surface area contributed by atoms with Crippen molar-refractivity contribution in [3.8, 4) is 0 Å². The van der Waals surface area contributed by atoms with Crippen LogP contribution < -0.4 is 5.32 Å². The number of benzene rings is 2. The lowest BCUT2D eigenvalue weighted by molar-refractivity contribution is -0.385. The molecule has 0 aliphatic carbocycles. The summed E-state index contributed by atoms with van der Waals surface area (Å²) >= 11 is 0. The molecule has 0 atom stereocenters. The molecule has 0 aromatic heterocycles. The summed E-state index contributed by atoms with van der Waals surface area (Å²) in [5.74, 6) is -0.370. The number of carbonyl (C=O) groups excluding carboxylic acids is 1. The van der Waals surface area contributed by atoms with Crippen molar-refractivity contribution >= 4 is 17.4 Å². The van der Waals surface area contributed by atoms with Crippen LogP contribution in [0.1, 0.15) is 11.1 Å². The van der Waals surface area contributed by atoms with Gasteiger partial charge in [0.25, 0.3) is 5.69 Å². The van der Waals surface area contributed by atoms with E-state index < -0.39 is 11.0 Å². The zero-order chi connectivity index (χ0) is 17.0. The molecule has 120 valence electrons. The molecule has 0 aliphatic rings. The van der Waals surface area contributed by atoms with Crippen LogP contribution in [0.5, 0.6) is 0 Å². The third kappa shape index (κ3) is 4.03. The molecular weight excluding hydrogens is 301 g/mol. The molecule has 0 bridgehead atoms. The fourth-order valence-electron chi connectivity index (χ4n) is 2.15.